The van der Waals surface area contributed by atoms with E-state index in [1.54, 1.807) is 0 Å². The third kappa shape index (κ3) is 3.98. The van der Waals surface area contributed by atoms with Crippen molar-refractivity contribution in [3.8, 4) is 0 Å². The van der Waals surface area contributed by atoms with Crippen LogP contribution in [0, 0.1) is 41.5 Å². The van der Waals surface area contributed by atoms with Crippen molar-refractivity contribution in [1.29, 1.82) is 0 Å². The molecular formula is C24H34N2O. The minimum atomic E-state index is 0.366. The fourth-order valence-electron chi connectivity index (χ4n) is 4.82. The Morgan fingerprint density at radius 1 is 0.815 bits per heavy atom. The summed E-state index contributed by atoms with van der Waals surface area (Å²) < 4.78 is 5.87. The molecule has 3 rings (SSSR count). The maximum atomic E-state index is 5.87. The molecule has 0 aromatic heterocycles. The molecule has 1 fully saturated rings. The monoisotopic (exact) mass is 366 g/mol. The zero-order valence-corrected chi connectivity index (χ0v) is 18.0. The standard InChI is InChI=1S/C24H34N2O/c1-8-27-14-22-13-25(23-18(4)9-16(2)10-19(23)5)15-26(22)24-20(6)11-17(3)12-21(24)7/h9-12,22H,8,13-15H2,1-7H3. The topological polar surface area (TPSA) is 15.7 Å². The summed E-state index contributed by atoms with van der Waals surface area (Å²) in [6.07, 6.45) is 0. The first-order valence-electron chi connectivity index (χ1n) is 10.1. The maximum absolute atomic E-state index is 5.87. The van der Waals surface area contributed by atoms with E-state index in [1.807, 2.05) is 0 Å². The molecule has 0 N–H and O–H groups in total. The van der Waals surface area contributed by atoms with Gasteiger partial charge in [0, 0.05) is 24.5 Å². The van der Waals surface area contributed by atoms with Gasteiger partial charge < -0.3 is 14.5 Å². The molecule has 3 nitrogen and oxygen atoms in total. The van der Waals surface area contributed by atoms with Crippen molar-refractivity contribution < 1.29 is 4.74 Å². The summed E-state index contributed by atoms with van der Waals surface area (Å²) in [4.78, 5) is 5.09. The normalized spacial score (nSPS) is 17.1. The van der Waals surface area contributed by atoms with E-state index in [4.69, 9.17) is 4.74 Å². The molecular weight excluding hydrogens is 332 g/mol. The van der Waals surface area contributed by atoms with Crippen molar-refractivity contribution in [1.82, 2.24) is 0 Å². The Morgan fingerprint density at radius 3 is 1.78 bits per heavy atom. The molecule has 0 bridgehead atoms. The van der Waals surface area contributed by atoms with Gasteiger partial charge in [0.15, 0.2) is 0 Å². The van der Waals surface area contributed by atoms with Crippen LogP contribution in [0.1, 0.15) is 40.3 Å². The van der Waals surface area contributed by atoms with Crippen molar-refractivity contribution in [2.45, 2.75) is 54.5 Å². The van der Waals surface area contributed by atoms with E-state index in [9.17, 15) is 0 Å². The van der Waals surface area contributed by atoms with Gasteiger partial charge in [-0.1, -0.05) is 35.4 Å². The second-order valence-electron chi connectivity index (χ2n) is 8.14. The average molecular weight is 367 g/mol. The van der Waals surface area contributed by atoms with Crippen molar-refractivity contribution in [3.05, 3.63) is 57.6 Å². The molecule has 1 saturated heterocycles. The highest BCUT2D eigenvalue weighted by atomic mass is 16.5. The lowest BCUT2D eigenvalue weighted by atomic mass is 10.0. The molecule has 2 aromatic rings. The quantitative estimate of drug-likeness (QED) is 0.721. The molecule has 2 aromatic carbocycles. The van der Waals surface area contributed by atoms with Crippen LogP contribution >= 0.6 is 0 Å². The van der Waals surface area contributed by atoms with E-state index >= 15 is 0 Å². The Balaban J connectivity index is 1.99. The highest BCUT2D eigenvalue weighted by molar-refractivity contribution is 5.67. The number of hydrogen-bond donors (Lipinski definition) is 0. The van der Waals surface area contributed by atoms with Gasteiger partial charge in [0.05, 0.1) is 19.3 Å². The molecule has 0 amide bonds. The maximum Gasteiger partial charge on any atom is 0.0908 e. The third-order valence-corrected chi connectivity index (χ3v) is 5.58. The molecule has 27 heavy (non-hydrogen) atoms. The Labute approximate surface area is 164 Å². The van der Waals surface area contributed by atoms with Crippen LogP contribution in [0.25, 0.3) is 0 Å². The lowest BCUT2D eigenvalue weighted by Crippen LogP contribution is -2.35. The van der Waals surface area contributed by atoms with Gasteiger partial charge in [-0.3, -0.25) is 0 Å². The summed E-state index contributed by atoms with van der Waals surface area (Å²) in [5.41, 5.74) is 10.9. The summed E-state index contributed by atoms with van der Waals surface area (Å²) in [5, 5.41) is 0. The number of benzene rings is 2. The molecule has 3 heteroatoms. The molecule has 1 aliphatic rings. The van der Waals surface area contributed by atoms with Crippen molar-refractivity contribution in [3.63, 3.8) is 0 Å². The third-order valence-electron chi connectivity index (χ3n) is 5.58. The van der Waals surface area contributed by atoms with Crippen LogP contribution in [-0.2, 0) is 4.74 Å². The Hall–Kier alpha value is -2.00. The summed E-state index contributed by atoms with van der Waals surface area (Å²) >= 11 is 0. The van der Waals surface area contributed by atoms with Crippen molar-refractivity contribution >= 4 is 11.4 Å². The molecule has 1 unspecified atom stereocenters. The number of anilines is 2. The van der Waals surface area contributed by atoms with Gasteiger partial charge in [-0.15, -0.1) is 0 Å². The van der Waals surface area contributed by atoms with Gasteiger partial charge in [0.25, 0.3) is 0 Å². The first-order valence-corrected chi connectivity index (χ1v) is 10.1. The number of ether oxygens (including phenoxy) is 1. The Bertz CT molecular complexity index is 781. The Kier molecular flexibility index (Phi) is 5.81. The van der Waals surface area contributed by atoms with Gasteiger partial charge in [-0.05, 0) is 70.7 Å². The number of rotatable bonds is 5. The van der Waals surface area contributed by atoms with E-state index in [-0.39, 0.29) is 0 Å². The van der Waals surface area contributed by atoms with E-state index in [0.29, 0.717) is 6.04 Å². The largest absolute Gasteiger partial charge is 0.380 e. The minimum Gasteiger partial charge on any atom is -0.380 e. The van der Waals surface area contributed by atoms with E-state index in [1.165, 1.54) is 44.8 Å². The fourth-order valence-corrected chi connectivity index (χ4v) is 4.82. The predicted molar refractivity (Wildman–Crippen MR) is 116 cm³/mol. The van der Waals surface area contributed by atoms with Crippen LogP contribution in [0.3, 0.4) is 0 Å². The van der Waals surface area contributed by atoms with Crippen LogP contribution in [0.15, 0.2) is 24.3 Å². The second kappa shape index (κ2) is 7.93. The zero-order valence-electron chi connectivity index (χ0n) is 18.0. The summed E-state index contributed by atoms with van der Waals surface area (Å²) in [7, 11) is 0. The van der Waals surface area contributed by atoms with Gasteiger partial charge in [0.1, 0.15) is 0 Å². The SMILES string of the molecule is CCOCC1CN(c2c(C)cc(C)cc2C)CN1c1c(C)cc(C)cc1C. The molecule has 0 aliphatic carbocycles. The molecule has 146 valence electrons. The van der Waals surface area contributed by atoms with Gasteiger partial charge in [-0.2, -0.15) is 0 Å². The number of nitrogens with zero attached hydrogens (tertiary/aromatic N) is 2. The lowest BCUT2D eigenvalue weighted by molar-refractivity contribution is 0.136. The molecule has 1 atom stereocenters. The Morgan fingerprint density at radius 2 is 1.30 bits per heavy atom. The molecule has 0 radical (unpaired) electrons. The average Bonchev–Trinajstić information content (AvgIpc) is 2.94. The minimum absolute atomic E-state index is 0.366. The molecule has 0 spiro atoms. The smallest absolute Gasteiger partial charge is 0.0908 e. The van der Waals surface area contributed by atoms with Gasteiger partial charge in [-0.25, -0.2) is 0 Å². The van der Waals surface area contributed by atoms with Crippen LogP contribution in [0.2, 0.25) is 0 Å². The van der Waals surface area contributed by atoms with Crippen LogP contribution in [0.5, 0.6) is 0 Å². The first-order chi connectivity index (χ1) is 12.8. The number of hydrogen-bond acceptors (Lipinski definition) is 3. The molecule has 0 saturated carbocycles. The summed E-state index contributed by atoms with van der Waals surface area (Å²) in [6.45, 7) is 18.8. The highest BCUT2D eigenvalue weighted by Crippen LogP contribution is 2.35. The lowest BCUT2D eigenvalue weighted by Gasteiger charge is -2.29. The van der Waals surface area contributed by atoms with E-state index in [2.05, 4.69) is 82.5 Å². The van der Waals surface area contributed by atoms with Crippen molar-refractivity contribution in [2.75, 3.05) is 36.2 Å². The van der Waals surface area contributed by atoms with Crippen LogP contribution in [0.4, 0.5) is 11.4 Å². The zero-order chi connectivity index (χ0) is 19.7. The van der Waals surface area contributed by atoms with Crippen molar-refractivity contribution in [2.24, 2.45) is 0 Å². The van der Waals surface area contributed by atoms with Crippen LogP contribution < -0.4 is 9.80 Å². The molecule has 1 aliphatic heterocycles. The fraction of sp³-hybridized carbons (Fsp3) is 0.500. The summed E-state index contributed by atoms with van der Waals surface area (Å²) in [6, 6.07) is 9.55. The first kappa shape index (κ1) is 19.8. The van der Waals surface area contributed by atoms with Gasteiger partial charge in [0.2, 0.25) is 0 Å². The van der Waals surface area contributed by atoms with Gasteiger partial charge >= 0.3 is 0 Å². The second-order valence-corrected chi connectivity index (χ2v) is 8.14. The predicted octanol–water partition coefficient (Wildman–Crippen LogP) is 5.23. The number of aryl methyl sites for hydroxylation is 6. The van der Waals surface area contributed by atoms with E-state index in [0.717, 1.165) is 26.4 Å². The highest BCUT2D eigenvalue weighted by Gasteiger charge is 2.33. The van der Waals surface area contributed by atoms with Crippen LogP contribution in [-0.4, -0.2) is 32.5 Å². The summed E-state index contributed by atoms with van der Waals surface area (Å²) in [5.74, 6) is 0. The van der Waals surface area contributed by atoms with E-state index < -0.39 is 0 Å². The molecule has 1 heterocycles.